The van der Waals surface area contributed by atoms with Crippen LogP contribution in [0.5, 0.6) is 0 Å². The number of rotatable bonds is 5. The highest BCUT2D eigenvalue weighted by molar-refractivity contribution is 5.91. The SMILES string of the molecule is CC(C)c1cnc(-c2ccc(NC(=O)CC3COCCN3)cc2)o1.Cl. The normalized spacial score (nSPS) is 17.2. The van der Waals surface area contributed by atoms with Crippen molar-refractivity contribution in [3.63, 3.8) is 0 Å². The van der Waals surface area contributed by atoms with Gasteiger partial charge in [-0.3, -0.25) is 4.79 Å². The maximum absolute atomic E-state index is 12.1. The largest absolute Gasteiger partial charge is 0.441 e. The van der Waals surface area contributed by atoms with Gasteiger partial charge in [0.25, 0.3) is 0 Å². The van der Waals surface area contributed by atoms with E-state index in [4.69, 9.17) is 9.15 Å². The van der Waals surface area contributed by atoms with E-state index in [0.717, 1.165) is 23.6 Å². The summed E-state index contributed by atoms with van der Waals surface area (Å²) in [5.74, 6) is 1.75. The van der Waals surface area contributed by atoms with Crippen molar-refractivity contribution in [2.45, 2.75) is 32.2 Å². The van der Waals surface area contributed by atoms with Crippen LogP contribution in [-0.2, 0) is 9.53 Å². The summed E-state index contributed by atoms with van der Waals surface area (Å²) >= 11 is 0. The third kappa shape index (κ3) is 5.29. The van der Waals surface area contributed by atoms with E-state index in [9.17, 15) is 4.79 Å². The van der Waals surface area contributed by atoms with E-state index in [2.05, 4.69) is 29.5 Å². The molecule has 1 aromatic carbocycles. The lowest BCUT2D eigenvalue weighted by Gasteiger charge is -2.23. The van der Waals surface area contributed by atoms with Crippen LogP contribution in [0.3, 0.4) is 0 Å². The van der Waals surface area contributed by atoms with Crippen molar-refractivity contribution >= 4 is 24.0 Å². The molecule has 0 spiro atoms. The molecule has 25 heavy (non-hydrogen) atoms. The Hall–Kier alpha value is -1.89. The number of nitrogens with zero attached hydrogens (tertiary/aromatic N) is 1. The molecule has 2 heterocycles. The lowest BCUT2D eigenvalue weighted by atomic mass is 10.1. The van der Waals surface area contributed by atoms with Gasteiger partial charge in [0.15, 0.2) is 0 Å². The van der Waals surface area contributed by atoms with Gasteiger partial charge in [-0.05, 0) is 24.3 Å². The third-order valence-corrected chi connectivity index (χ3v) is 3.94. The van der Waals surface area contributed by atoms with E-state index >= 15 is 0 Å². The Morgan fingerprint density at radius 3 is 2.72 bits per heavy atom. The van der Waals surface area contributed by atoms with Crippen molar-refractivity contribution in [2.75, 3.05) is 25.1 Å². The molecular formula is C18H24ClN3O3. The number of benzene rings is 1. The zero-order valence-electron chi connectivity index (χ0n) is 14.5. The molecule has 6 nitrogen and oxygen atoms in total. The molecule has 1 atom stereocenters. The first-order chi connectivity index (χ1) is 11.6. The highest BCUT2D eigenvalue weighted by Gasteiger charge is 2.17. The van der Waals surface area contributed by atoms with E-state index in [-0.39, 0.29) is 24.4 Å². The zero-order chi connectivity index (χ0) is 16.9. The molecule has 1 aliphatic heterocycles. The Morgan fingerprint density at radius 1 is 1.36 bits per heavy atom. The van der Waals surface area contributed by atoms with Crippen molar-refractivity contribution < 1.29 is 13.9 Å². The minimum Gasteiger partial charge on any atom is -0.441 e. The van der Waals surface area contributed by atoms with Crippen LogP contribution in [0.2, 0.25) is 0 Å². The highest BCUT2D eigenvalue weighted by atomic mass is 35.5. The second-order valence-corrected chi connectivity index (χ2v) is 6.28. The number of morpholine rings is 1. The summed E-state index contributed by atoms with van der Waals surface area (Å²) < 4.78 is 11.1. The minimum atomic E-state index is -0.0241. The molecule has 0 aliphatic carbocycles. The number of hydrogen-bond acceptors (Lipinski definition) is 5. The fourth-order valence-corrected chi connectivity index (χ4v) is 2.57. The fraction of sp³-hybridized carbons (Fsp3) is 0.444. The molecule has 1 aliphatic rings. The van der Waals surface area contributed by atoms with Crippen LogP contribution in [0.1, 0.15) is 31.9 Å². The first kappa shape index (κ1) is 19.4. The van der Waals surface area contributed by atoms with E-state index < -0.39 is 0 Å². The number of aromatic nitrogens is 1. The number of amides is 1. The van der Waals surface area contributed by atoms with Gasteiger partial charge in [-0.25, -0.2) is 4.98 Å². The second kappa shape index (κ2) is 8.99. The van der Waals surface area contributed by atoms with Gasteiger partial charge in [-0.1, -0.05) is 13.8 Å². The number of anilines is 1. The van der Waals surface area contributed by atoms with Crippen LogP contribution < -0.4 is 10.6 Å². The van der Waals surface area contributed by atoms with Crippen molar-refractivity contribution in [3.05, 3.63) is 36.2 Å². The van der Waals surface area contributed by atoms with Crippen LogP contribution in [0, 0.1) is 0 Å². The number of ether oxygens (including phenoxy) is 1. The van der Waals surface area contributed by atoms with Crippen molar-refractivity contribution in [3.8, 4) is 11.5 Å². The molecule has 1 saturated heterocycles. The Balaban J connectivity index is 0.00000225. The van der Waals surface area contributed by atoms with Crippen LogP contribution in [0.4, 0.5) is 5.69 Å². The summed E-state index contributed by atoms with van der Waals surface area (Å²) in [7, 11) is 0. The predicted octanol–water partition coefficient (Wildman–Crippen LogP) is 3.20. The molecule has 1 amide bonds. The molecule has 136 valence electrons. The number of oxazole rings is 1. The predicted molar refractivity (Wildman–Crippen MR) is 99.1 cm³/mol. The van der Waals surface area contributed by atoms with Gasteiger partial charge in [0.1, 0.15) is 5.76 Å². The Kier molecular flexibility index (Phi) is 6.99. The Morgan fingerprint density at radius 2 is 2.12 bits per heavy atom. The number of carbonyl (C=O) groups is 1. The average Bonchev–Trinajstić information content (AvgIpc) is 3.07. The topological polar surface area (TPSA) is 76.4 Å². The molecular weight excluding hydrogens is 342 g/mol. The standard InChI is InChI=1S/C18H23N3O3.ClH/c1-12(2)16-10-20-18(24-16)13-3-5-14(6-4-13)21-17(22)9-15-11-23-8-7-19-15;/h3-6,10,12,15,19H,7-9,11H2,1-2H3,(H,21,22);1H. The lowest BCUT2D eigenvalue weighted by molar-refractivity contribution is -0.117. The van der Waals surface area contributed by atoms with Gasteiger partial charge in [0.2, 0.25) is 11.8 Å². The molecule has 0 bridgehead atoms. The summed E-state index contributed by atoms with van der Waals surface area (Å²) in [5, 5.41) is 6.18. The van der Waals surface area contributed by atoms with Crippen molar-refractivity contribution in [1.29, 1.82) is 0 Å². The quantitative estimate of drug-likeness (QED) is 0.850. The molecule has 2 N–H and O–H groups in total. The minimum absolute atomic E-state index is 0. The smallest absolute Gasteiger partial charge is 0.226 e. The number of nitrogens with one attached hydrogen (secondary N) is 2. The average molecular weight is 366 g/mol. The summed E-state index contributed by atoms with van der Waals surface area (Å²) in [4.78, 5) is 16.4. The first-order valence-electron chi connectivity index (χ1n) is 8.29. The maximum atomic E-state index is 12.1. The van der Waals surface area contributed by atoms with Gasteiger partial charge >= 0.3 is 0 Å². The fourth-order valence-electron chi connectivity index (χ4n) is 2.57. The van der Waals surface area contributed by atoms with Crippen LogP contribution in [-0.4, -0.2) is 36.7 Å². The van der Waals surface area contributed by atoms with Gasteiger partial charge in [0.05, 0.1) is 19.4 Å². The molecule has 1 aromatic heterocycles. The van der Waals surface area contributed by atoms with Crippen LogP contribution in [0.15, 0.2) is 34.9 Å². The lowest BCUT2D eigenvalue weighted by Crippen LogP contribution is -2.43. The second-order valence-electron chi connectivity index (χ2n) is 6.28. The summed E-state index contributed by atoms with van der Waals surface area (Å²) in [6, 6.07) is 7.59. The number of carbonyl (C=O) groups excluding carboxylic acids is 1. The zero-order valence-corrected chi connectivity index (χ0v) is 15.3. The Bertz CT molecular complexity index is 679. The van der Waals surface area contributed by atoms with E-state index in [1.54, 1.807) is 6.20 Å². The van der Waals surface area contributed by atoms with Crippen molar-refractivity contribution in [2.24, 2.45) is 0 Å². The molecule has 3 rings (SSSR count). The van der Waals surface area contributed by atoms with E-state index in [1.807, 2.05) is 24.3 Å². The number of hydrogen-bond donors (Lipinski definition) is 2. The maximum Gasteiger partial charge on any atom is 0.226 e. The summed E-state index contributed by atoms with van der Waals surface area (Å²) in [6.07, 6.45) is 2.16. The van der Waals surface area contributed by atoms with Gasteiger partial charge in [-0.2, -0.15) is 0 Å². The van der Waals surface area contributed by atoms with Gasteiger partial charge < -0.3 is 19.8 Å². The van der Waals surface area contributed by atoms with E-state index in [1.165, 1.54) is 0 Å². The van der Waals surface area contributed by atoms with Crippen LogP contribution in [0.25, 0.3) is 11.5 Å². The molecule has 2 aromatic rings. The monoisotopic (exact) mass is 365 g/mol. The Labute approximate surface area is 153 Å². The van der Waals surface area contributed by atoms with Crippen molar-refractivity contribution in [1.82, 2.24) is 10.3 Å². The van der Waals surface area contributed by atoms with Crippen LogP contribution >= 0.6 is 12.4 Å². The molecule has 0 radical (unpaired) electrons. The molecule has 7 heteroatoms. The summed E-state index contributed by atoms with van der Waals surface area (Å²) in [5.41, 5.74) is 1.65. The van der Waals surface area contributed by atoms with Gasteiger partial charge in [-0.15, -0.1) is 12.4 Å². The number of halogens is 1. The van der Waals surface area contributed by atoms with Gasteiger partial charge in [0, 0.05) is 36.2 Å². The molecule has 0 saturated carbocycles. The third-order valence-electron chi connectivity index (χ3n) is 3.94. The highest BCUT2D eigenvalue weighted by Crippen LogP contribution is 2.24. The molecule has 1 unspecified atom stereocenters. The molecule has 1 fully saturated rings. The van der Waals surface area contributed by atoms with E-state index in [0.29, 0.717) is 31.4 Å². The first-order valence-corrected chi connectivity index (χ1v) is 8.29. The summed E-state index contributed by atoms with van der Waals surface area (Å²) in [6.45, 7) is 6.21.